The number of carbonyl (C=O) groups is 1. The van der Waals surface area contributed by atoms with Gasteiger partial charge in [-0.15, -0.1) is 0 Å². The highest BCUT2D eigenvalue weighted by molar-refractivity contribution is 5.94. The van der Waals surface area contributed by atoms with E-state index in [-0.39, 0.29) is 17.2 Å². The SMILES string of the molecule is CC1(C)CC1C(=O)Nc1ccc(Oc2ccc(NCCCc3ccccc3)cc2)nc1. The quantitative estimate of drug-likeness (QED) is 0.427. The number of anilines is 2. The number of carbonyl (C=O) groups excluding carboxylic acids is 1. The standard InChI is InChI=1S/C26H29N3O2/c1-26(2)17-23(26)25(30)29-21-12-15-24(28-18-21)31-22-13-10-20(11-14-22)27-16-6-9-19-7-4-3-5-8-19/h3-5,7-8,10-15,18,23,27H,6,9,16-17H2,1-2H3,(H,29,30). The molecule has 1 unspecified atom stereocenters. The van der Waals surface area contributed by atoms with E-state index < -0.39 is 0 Å². The van der Waals surface area contributed by atoms with E-state index in [1.807, 2.05) is 36.4 Å². The van der Waals surface area contributed by atoms with E-state index in [1.54, 1.807) is 12.3 Å². The van der Waals surface area contributed by atoms with E-state index in [2.05, 4.69) is 53.7 Å². The lowest BCUT2D eigenvalue weighted by Crippen LogP contribution is -2.16. The summed E-state index contributed by atoms with van der Waals surface area (Å²) in [7, 11) is 0. The highest BCUT2D eigenvalue weighted by atomic mass is 16.5. The molecule has 1 aliphatic rings. The van der Waals surface area contributed by atoms with Crippen LogP contribution in [-0.2, 0) is 11.2 Å². The third kappa shape index (κ3) is 5.85. The van der Waals surface area contributed by atoms with Gasteiger partial charge in [0.05, 0.1) is 11.9 Å². The van der Waals surface area contributed by atoms with Crippen LogP contribution in [-0.4, -0.2) is 17.4 Å². The van der Waals surface area contributed by atoms with Gasteiger partial charge in [0, 0.05) is 24.2 Å². The number of hydrogen-bond acceptors (Lipinski definition) is 4. The van der Waals surface area contributed by atoms with Crippen molar-refractivity contribution in [3.05, 3.63) is 78.5 Å². The Morgan fingerprint density at radius 1 is 1.03 bits per heavy atom. The second-order valence-corrected chi connectivity index (χ2v) is 8.76. The first kappa shape index (κ1) is 20.9. The minimum atomic E-state index is 0.0623. The summed E-state index contributed by atoms with van der Waals surface area (Å²) >= 11 is 0. The second kappa shape index (κ2) is 9.21. The Kier molecular flexibility index (Phi) is 6.21. The van der Waals surface area contributed by atoms with Gasteiger partial charge in [0.1, 0.15) is 5.75 Å². The van der Waals surface area contributed by atoms with Crippen molar-refractivity contribution >= 4 is 17.3 Å². The van der Waals surface area contributed by atoms with Gasteiger partial charge in [-0.3, -0.25) is 4.79 Å². The molecule has 0 radical (unpaired) electrons. The lowest BCUT2D eigenvalue weighted by Gasteiger charge is -2.09. The van der Waals surface area contributed by atoms with Crippen LogP contribution in [0.5, 0.6) is 11.6 Å². The molecule has 1 amide bonds. The number of benzene rings is 2. The van der Waals surface area contributed by atoms with Crippen LogP contribution in [0.1, 0.15) is 32.3 Å². The minimum absolute atomic E-state index is 0.0623. The molecular weight excluding hydrogens is 386 g/mol. The zero-order chi connectivity index (χ0) is 21.7. The minimum Gasteiger partial charge on any atom is -0.439 e. The van der Waals surface area contributed by atoms with Crippen LogP contribution in [0, 0.1) is 11.3 Å². The summed E-state index contributed by atoms with van der Waals surface area (Å²) in [6, 6.07) is 22.0. The maximum Gasteiger partial charge on any atom is 0.228 e. The van der Waals surface area contributed by atoms with E-state index in [1.165, 1.54) is 5.56 Å². The molecule has 3 aromatic rings. The largest absolute Gasteiger partial charge is 0.439 e. The van der Waals surface area contributed by atoms with Crippen molar-refractivity contribution < 1.29 is 9.53 Å². The van der Waals surface area contributed by atoms with Crippen LogP contribution in [0.15, 0.2) is 72.9 Å². The Morgan fingerprint density at radius 3 is 2.39 bits per heavy atom. The number of ether oxygens (including phenoxy) is 1. The molecule has 0 spiro atoms. The molecule has 2 aromatic carbocycles. The van der Waals surface area contributed by atoms with Gasteiger partial charge in [-0.2, -0.15) is 0 Å². The number of hydrogen-bond donors (Lipinski definition) is 2. The van der Waals surface area contributed by atoms with Gasteiger partial charge in [0.2, 0.25) is 11.8 Å². The van der Waals surface area contributed by atoms with Crippen molar-refractivity contribution in [1.29, 1.82) is 0 Å². The Bertz CT molecular complexity index is 999. The first-order chi connectivity index (χ1) is 15.0. The van der Waals surface area contributed by atoms with Gasteiger partial charge < -0.3 is 15.4 Å². The Labute approximate surface area is 183 Å². The Morgan fingerprint density at radius 2 is 1.74 bits per heavy atom. The van der Waals surface area contributed by atoms with Gasteiger partial charge >= 0.3 is 0 Å². The van der Waals surface area contributed by atoms with Crippen LogP contribution < -0.4 is 15.4 Å². The van der Waals surface area contributed by atoms with Gasteiger partial charge in [-0.1, -0.05) is 44.2 Å². The first-order valence-corrected chi connectivity index (χ1v) is 10.8. The molecule has 160 valence electrons. The number of aryl methyl sites for hydroxylation is 1. The summed E-state index contributed by atoms with van der Waals surface area (Å²) in [5.41, 5.74) is 3.23. The smallest absolute Gasteiger partial charge is 0.228 e. The van der Waals surface area contributed by atoms with E-state index in [0.717, 1.165) is 37.2 Å². The summed E-state index contributed by atoms with van der Waals surface area (Å²) in [6.07, 6.45) is 4.71. The molecule has 1 fully saturated rings. The third-order valence-corrected chi connectivity index (χ3v) is 5.72. The topological polar surface area (TPSA) is 63.2 Å². The molecule has 1 saturated carbocycles. The fraction of sp³-hybridized carbons (Fsp3) is 0.308. The van der Waals surface area contributed by atoms with E-state index >= 15 is 0 Å². The maximum atomic E-state index is 12.2. The number of amides is 1. The van der Waals surface area contributed by atoms with Gasteiger partial charge in [-0.25, -0.2) is 4.98 Å². The van der Waals surface area contributed by atoms with Gasteiger partial charge in [0.15, 0.2) is 0 Å². The molecule has 1 aromatic heterocycles. The number of pyridine rings is 1. The lowest BCUT2D eigenvalue weighted by molar-refractivity contribution is -0.118. The summed E-state index contributed by atoms with van der Waals surface area (Å²) in [6.45, 7) is 5.14. The molecular formula is C26H29N3O2. The van der Waals surface area contributed by atoms with E-state index in [4.69, 9.17) is 4.74 Å². The van der Waals surface area contributed by atoms with Crippen LogP contribution >= 0.6 is 0 Å². The average Bonchev–Trinajstić information content (AvgIpc) is 3.43. The maximum absolute atomic E-state index is 12.2. The monoisotopic (exact) mass is 415 g/mol. The first-order valence-electron chi connectivity index (χ1n) is 10.8. The van der Waals surface area contributed by atoms with Crippen LogP contribution in [0.2, 0.25) is 0 Å². The lowest BCUT2D eigenvalue weighted by atomic mass is 10.1. The Balaban J connectivity index is 1.22. The fourth-order valence-corrected chi connectivity index (χ4v) is 3.59. The molecule has 1 aliphatic carbocycles. The number of aromatic nitrogens is 1. The molecule has 0 bridgehead atoms. The van der Waals surface area contributed by atoms with E-state index in [0.29, 0.717) is 11.6 Å². The summed E-state index contributed by atoms with van der Waals surface area (Å²) in [5.74, 6) is 1.37. The molecule has 0 saturated heterocycles. The molecule has 2 N–H and O–H groups in total. The predicted octanol–water partition coefficient (Wildman–Crippen LogP) is 5.90. The van der Waals surface area contributed by atoms with Crippen molar-refractivity contribution in [3.63, 3.8) is 0 Å². The van der Waals surface area contributed by atoms with Crippen molar-refractivity contribution in [2.24, 2.45) is 11.3 Å². The van der Waals surface area contributed by atoms with Crippen molar-refractivity contribution in [1.82, 2.24) is 4.98 Å². The molecule has 0 aliphatic heterocycles. The van der Waals surface area contributed by atoms with E-state index in [9.17, 15) is 4.79 Å². The number of nitrogens with zero attached hydrogens (tertiary/aromatic N) is 1. The summed E-state index contributed by atoms with van der Waals surface area (Å²) in [4.78, 5) is 16.5. The molecule has 5 heteroatoms. The summed E-state index contributed by atoms with van der Waals surface area (Å²) in [5, 5.41) is 6.37. The highest BCUT2D eigenvalue weighted by Crippen LogP contribution is 2.51. The number of rotatable bonds is 9. The Hall–Kier alpha value is -3.34. The second-order valence-electron chi connectivity index (χ2n) is 8.76. The van der Waals surface area contributed by atoms with Gasteiger partial charge in [0.25, 0.3) is 0 Å². The molecule has 4 rings (SSSR count). The zero-order valence-corrected chi connectivity index (χ0v) is 18.1. The van der Waals surface area contributed by atoms with Gasteiger partial charge in [-0.05, 0) is 60.6 Å². The zero-order valence-electron chi connectivity index (χ0n) is 18.1. The normalized spacial score (nSPS) is 16.4. The van der Waals surface area contributed by atoms with Crippen molar-refractivity contribution in [2.45, 2.75) is 33.1 Å². The fourth-order valence-electron chi connectivity index (χ4n) is 3.59. The molecule has 1 atom stereocenters. The molecule has 31 heavy (non-hydrogen) atoms. The van der Waals surface area contributed by atoms with Crippen LogP contribution in [0.3, 0.4) is 0 Å². The predicted molar refractivity (Wildman–Crippen MR) is 125 cm³/mol. The van der Waals surface area contributed by atoms with Crippen LogP contribution in [0.25, 0.3) is 0 Å². The third-order valence-electron chi connectivity index (χ3n) is 5.72. The van der Waals surface area contributed by atoms with Crippen molar-refractivity contribution in [2.75, 3.05) is 17.2 Å². The van der Waals surface area contributed by atoms with Crippen LogP contribution in [0.4, 0.5) is 11.4 Å². The molecule has 1 heterocycles. The molecule has 5 nitrogen and oxygen atoms in total. The highest BCUT2D eigenvalue weighted by Gasteiger charge is 2.50. The number of nitrogens with one attached hydrogen (secondary N) is 2. The van der Waals surface area contributed by atoms with Crippen molar-refractivity contribution in [3.8, 4) is 11.6 Å². The summed E-state index contributed by atoms with van der Waals surface area (Å²) < 4.78 is 5.82. The average molecular weight is 416 g/mol.